The summed E-state index contributed by atoms with van der Waals surface area (Å²) in [6.45, 7) is 1.50. The third kappa shape index (κ3) is 6.71. The fraction of sp³-hybridized carbons (Fsp3) is 0.417. The van der Waals surface area contributed by atoms with Crippen molar-refractivity contribution >= 4 is 33.6 Å². The molecule has 5 heteroatoms. The van der Waals surface area contributed by atoms with Gasteiger partial charge in [-0.15, -0.1) is 11.8 Å². The van der Waals surface area contributed by atoms with E-state index < -0.39 is 0 Å². The fourth-order valence-electron chi connectivity index (χ4n) is 1.21. The highest BCUT2D eigenvalue weighted by Crippen LogP contribution is 2.20. The minimum atomic E-state index is 0.116. The quantitative estimate of drug-likeness (QED) is 0.599. The molecule has 0 bridgehead atoms. The van der Waals surface area contributed by atoms with E-state index in [9.17, 15) is 4.79 Å². The molecular weight excluding hydrogens is 300 g/mol. The zero-order valence-corrected chi connectivity index (χ0v) is 12.2. The van der Waals surface area contributed by atoms with Crippen molar-refractivity contribution in [3.63, 3.8) is 0 Å². The molecule has 0 aliphatic carbocycles. The Hall–Kier alpha value is -0.520. The Bertz CT molecular complexity index is 343. The van der Waals surface area contributed by atoms with Crippen LogP contribution in [0.25, 0.3) is 0 Å². The Morgan fingerprint density at radius 2 is 2.00 bits per heavy atom. The molecule has 0 aliphatic heterocycles. The Morgan fingerprint density at radius 1 is 1.29 bits per heavy atom. The van der Waals surface area contributed by atoms with Gasteiger partial charge in [-0.3, -0.25) is 4.79 Å². The number of thioether (sulfide) groups is 1. The van der Waals surface area contributed by atoms with Crippen LogP contribution in [0.15, 0.2) is 33.6 Å². The third-order valence-corrected chi connectivity index (χ3v) is 3.65. The summed E-state index contributed by atoms with van der Waals surface area (Å²) < 4.78 is 1.08. The van der Waals surface area contributed by atoms with Gasteiger partial charge in [-0.05, 0) is 31.3 Å². The predicted octanol–water partition coefficient (Wildman–Crippen LogP) is 2.27. The number of carbonyl (C=O) groups excluding carboxylic acids is 1. The van der Waals surface area contributed by atoms with Crippen LogP contribution >= 0.6 is 27.7 Å². The maximum Gasteiger partial charge on any atom is 0.220 e. The van der Waals surface area contributed by atoms with Gasteiger partial charge in [0.2, 0.25) is 5.91 Å². The number of hydrogen-bond donors (Lipinski definition) is 2. The molecule has 1 aromatic carbocycles. The maximum absolute atomic E-state index is 11.4. The van der Waals surface area contributed by atoms with Crippen molar-refractivity contribution in [3.8, 4) is 0 Å². The van der Waals surface area contributed by atoms with Crippen LogP contribution in [0.4, 0.5) is 0 Å². The molecule has 0 spiro atoms. The van der Waals surface area contributed by atoms with E-state index in [1.807, 2.05) is 31.3 Å². The van der Waals surface area contributed by atoms with Gasteiger partial charge in [0.05, 0.1) is 0 Å². The van der Waals surface area contributed by atoms with Crippen LogP contribution in [0.5, 0.6) is 0 Å². The second-order valence-corrected chi connectivity index (χ2v) is 5.59. The van der Waals surface area contributed by atoms with Gasteiger partial charge < -0.3 is 10.6 Å². The normalized spacial score (nSPS) is 10.2. The summed E-state index contributed by atoms with van der Waals surface area (Å²) in [7, 11) is 1.87. The van der Waals surface area contributed by atoms with Crippen molar-refractivity contribution in [2.45, 2.75) is 11.3 Å². The smallest absolute Gasteiger partial charge is 0.220 e. The van der Waals surface area contributed by atoms with E-state index in [0.717, 1.165) is 16.8 Å². The number of nitrogens with one attached hydrogen (secondary N) is 2. The lowest BCUT2D eigenvalue weighted by molar-refractivity contribution is -0.120. The second kappa shape index (κ2) is 8.55. The van der Waals surface area contributed by atoms with Gasteiger partial charge in [0.1, 0.15) is 0 Å². The molecule has 3 nitrogen and oxygen atoms in total. The average molecular weight is 317 g/mol. The monoisotopic (exact) mass is 316 g/mol. The second-order valence-electron chi connectivity index (χ2n) is 3.51. The van der Waals surface area contributed by atoms with Crippen LogP contribution in [-0.4, -0.2) is 31.8 Å². The van der Waals surface area contributed by atoms with Crippen LogP contribution in [-0.2, 0) is 4.79 Å². The van der Waals surface area contributed by atoms with Crippen LogP contribution in [0.1, 0.15) is 6.42 Å². The summed E-state index contributed by atoms with van der Waals surface area (Å²) in [5.41, 5.74) is 0. The van der Waals surface area contributed by atoms with Crippen molar-refractivity contribution in [1.82, 2.24) is 10.6 Å². The molecule has 0 aliphatic rings. The van der Waals surface area contributed by atoms with Crippen molar-refractivity contribution in [3.05, 3.63) is 28.7 Å². The van der Waals surface area contributed by atoms with Crippen LogP contribution < -0.4 is 10.6 Å². The van der Waals surface area contributed by atoms with Gasteiger partial charge in [0, 0.05) is 34.6 Å². The summed E-state index contributed by atoms with van der Waals surface area (Å²) in [5, 5.41) is 5.84. The number of carbonyl (C=O) groups is 1. The van der Waals surface area contributed by atoms with Gasteiger partial charge in [-0.25, -0.2) is 0 Å². The van der Waals surface area contributed by atoms with Crippen molar-refractivity contribution in [1.29, 1.82) is 0 Å². The largest absolute Gasteiger partial charge is 0.355 e. The van der Waals surface area contributed by atoms with E-state index >= 15 is 0 Å². The summed E-state index contributed by atoms with van der Waals surface area (Å²) in [6, 6.07) is 8.12. The topological polar surface area (TPSA) is 41.1 Å². The molecule has 0 unspecified atom stereocenters. The Kier molecular flexibility index (Phi) is 7.32. The Labute approximate surface area is 115 Å². The lowest BCUT2D eigenvalue weighted by atomic mass is 10.4. The molecule has 0 saturated heterocycles. The van der Waals surface area contributed by atoms with E-state index in [1.165, 1.54) is 4.90 Å². The number of halogens is 1. The van der Waals surface area contributed by atoms with E-state index in [0.29, 0.717) is 13.0 Å². The lowest BCUT2D eigenvalue weighted by Gasteiger charge is -2.04. The van der Waals surface area contributed by atoms with E-state index in [1.54, 1.807) is 11.8 Å². The Morgan fingerprint density at radius 3 is 2.65 bits per heavy atom. The zero-order valence-electron chi connectivity index (χ0n) is 9.83. The first kappa shape index (κ1) is 14.5. The molecule has 0 atom stereocenters. The molecule has 0 radical (unpaired) electrons. The molecule has 2 N–H and O–H groups in total. The first-order chi connectivity index (χ1) is 8.22. The SMILES string of the molecule is CNCCNC(=O)CCSc1ccc(Br)cc1. The van der Waals surface area contributed by atoms with Crippen LogP contribution in [0.2, 0.25) is 0 Å². The number of rotatable bonds is 7. The average Bonchev–Trinajstić information content (AvgIpc) is 2.32. The molecule has 1 aromatic rings. The van der Waals surface area contributed by atoms with Crippen LogP contribution in [0, 0.1) is 0 Å². The van der Waals surface area contributed by atoms with E-state index in [4.69, 9.17) is 0 Å². The maximum atomic E-state index is 11.4. The minimum absolute atomic E-state index is 0.116. The van der Waals surface area contributed by atoms with Gasteiger partial charge in [0.25, 0.3) is 0 Å². The molecule has 0 fully saturated rings. The first-order valence-corrected chi connectivity index (χ1v) is 7.30. The van der Waals surface area contributed by atoms with Crippen LogP contribution in [0.3, 0.4) is 0 Å². The van der Waals surface area contributed by atoms with Gasteiger partial charge in [-0.1, -0.05) is 15.9 Å². The highest BCUT2D eigenvalue weighted by molar-refractivity contribution is 9.10. The van der Waals surface area contributed by atoms with Crippen molar-refractivity contribution in [2.75, 3.05) is 25.9 Å². The summed E-state index contributed by atoms with van der Waals surface area (Å²) in [6.07, 6.45) is 0.560. The molecule has 1 rings (SSSR count). The molecule has 0 heterocycles. The van der Waals surface area contributed by atoms with Crippen molar-refractivity contribution < 1.29 is 4.79 Å². The first-order valence-electron chi connectivity index (χ1n) is 5.52. The predicted molar refractivity (Wildman–Crippen MR) is 76.4 cm³/mol. The molecule has 1 amide bonds. The van der Waals surface area contributed by atoms with Gasteiger partial charge in [0.15, 0.2) is 0 Å². The highest BCUT2D eigenvalue weighted by atomic mass is 79.9. The highest BCUT2D eigenvalue weighted by Gasteiger charge is 2.01. The standard InChI is InChI=1S/C12H17BrN2OS/c1-14-7-8-15-12(16)6-9-17-11-4-2-10(13)3-5-11/h2-5,14H,6-9H2,1H3,(H,15,16). The third-order valence-electron chi connectivity index (χ3n) is 2.11. The summed E-state index contributed by atoms with van der Waals surface area (Å²) >= 11 is 5.09. The zero-order chi connectivity index (χ0) is 12.5. The lowest BCUT2D eigenvalue weighted by Crippen LogP contribution is -2.30. The summed E-state index contributed by atoms with van der Waals surface area (Å²) in [4.78, 5) is 12.6. The number of likely N-dealkylation sites (N-methyl/N-ethyl adjacent to an activating group) is 1. The number of benzene rings is 1. The fourth-order valence-corrected chi connectivity index (χ4v) is 2.32. The molecule has 94 valence electrons. The van der Waals surface area contributed by atoms with Gasteiger partial charge in [-0.2, -0.15) is 0 Å². The van der Waals surface area contributed by atoms with E-state index in [2.05, 4.69) is 26.6 Å². The van der Waals surface area contributed by atoms with Gasteiger partial charge >= 0.3 is 0 Å². The molecular formula is C12H17BrN2OS. The van der Waals surface area contributed by atoms with Crippen molar-refractivity contribution in [2.24, 2.45) is 0 Å². The molecule has 17 heavy (non-hydrogen) atoms. The minimum Gasteiger partial charge on any atom is -0.355 e. The summed E-state index contributed by atoms with van der Waals surface area (Å²) in [5.74, 6) is 0.928. The number of amides is 1. The number of hydrogen-bond acceptors (Lipinski definition) is 3. The van der Waals surface area contributed by atoms with E-state index in [-0.39, 0.29) is 5.91 Å². The Balaban J connectivity index is 2.14. The molecule has 0 saturated carbocycles. The molecule has 0 aromatic heterocycles.